The number of fused-ring (bicyclic) bond motifs is 3. The Bertz CT molecular complexity index is 2900. The zero-order valence-electron chi connectivity index (χ0n) is 30.0. The molecule has 9 rings (SSSR count). The Hall–Kier alpha value is -7.14. The number of benzene rings is 7. The summed E-state index contributed by atoms with van der Waals surface area (Å²) < 4.78 is 100. The maximum Gasteiger partial charge on any atom is 0.416 e. The molecule has 284 valence electrons. The van der Waals surface area contributed by atoms with E-state index in [1.54, 1.807) is 24.3 Å². The monoisotopic (exact) mass is 780 g/mol. The third-order valence-electron chi connectivity index (χ3n) is 9.93. The van der Waals surface area contributed by atoms with Gasteiger partial charge in [0.2, 0.25) is 0 Å². The number of halogens is 7. The summed E-state index contributed by atoms with van der Waals surface area (Å²) in [5.74, 6) is 0.650. The van der Waals surface area contributed by atoms with E-state index >= 15 is 0 Å². The molecule has 0 bridgehead atoms. The van der Waals surface area contributed by atoms with E-state index in [1.807, 2.05) is 108 Å². The van der Waals surface area contributed by atoms with Gasteiger partial charge in [-0.3, -0.25) is 0 Å². The van der Waals surface area contributed by atoms with Crippen LogP contribution in [0.25, 0.3) is 83.9 Å². The van der Waals surface area contributed by atoms with Crippen molar-refractivity contribution in [2.45, 2.75) is 12.4 Å². The lowest BCUT2D eigenvalue weighted by Crippen LogP contribution is -2.11. The Morgan fingerprint density at radius 1 is 0.379 bits per heavy atom. The number of rotatable bonds is 6. The number of para-hydroxylation sites is 1. The van der Waals surface area contributed by atoms with Gasteiger partial charge in [0.15, 0.2) is 17.5 Å². The summed E-state index contributed by atoms with van der Waals surface area (Å²) in [6.45, 7) is 0. The zero-order chi connectivity index (χ0) is 40.2. The number of hydrogen-bond acceptors (Lipinski definition) is 3. The van der Waals surface area contributed by atoms with E-state index in [9.17, 15) is 30.7 Å². The first kappa shape index (κ1) is 36.5. The van der Waals surface area contributed by atoms with Crippen molar-refractivity contribution in [3.63, 3.8) is 0 Å². The van der Waals surface area contributed by atoms with Crippen LogP contribution in [0.4, 0.5) is 30.7 Å². The standard InChI is InChI=1S/C47H27F7N4/c48-35-15-9-14-31(24-35)37-21-19-36(27-40(37)45-56-43(28-10-3-1-4-11-28)55-44(57-45)29-12-5-2-6-13-29)58-41-17-8-7-16-38(41)39-20-18-30(25-42(39)58)32-22-33(46(49,50)51)26-34(23-32)47(52,53)54/h1-27H. The molecule has 0 saturated heterocycles. The van der Waals surface area contributed by atoms with Gasteiger partial charge in [-0.05, 0) is 76.9 Å². The molecule has 7 aromatic carbocycles. The molecular weight excluding hydrogens is 754 g/mol. The highest BCUT2D eigenvalue weighted by molar-refractivity contribution is 6.10. The van der Waals surface area contributed by atoms with Crippen molar-refractivity contribution in [1.29, 1.82) is 0 Å². The molecule has 0 aliphatic rings. The van der Waals surface area contributed by atoms with E-state index in [4.69, 9.17) is 15.0 Å². The number of hydrogen-bond donors (Lipinski definition) is 0. The van der Waals surface area contributed by atoms with E-state index in [0.29, 0.717) is 45.4 Å². The second-order valence-corrected chi connectivity index (χ2v) is 13.7. The van der Waals surface area contributed by atoms with Crippen LogP contribution in [0.2, 0.25) is 0 Å². The highest BCUT2D eigenvalue weighted by Crippen LogP contribution is 2.42. The van der Waals surface area contributed by atoms with Crippen LogP contribution in [-0.4, -0.2) is 19.5 Å². The third kappa shape index (κ3) is 6.85. The maximum atomic E-state index is 14.8. The molecular formula is C47H27F7N4. The van der Waals surface area contributed by atoms with Crippen LogP contribution in [0.3, 0.4) is 0 Å². The van der Waals surface area contributed by atoms with Gasteiger partial charge in [0.1, 0.15) is 5.82 Å². The van der Waals surface area contributed by atoms with Crippen LogP contribution in [-0.2, 0) is 12.4 Å². The van der Waals surface area contributed by atoms with E-state index in [1.165, 1.54) is 18.2 Å². The summed E-state index contributed by atoms with van der Waals surface area (Å²) in [7, 11) is 0. The van der Waals surface area contributed by atoms with Crippen molar-refractivity contribution in [1.82, 2.24) is 19.5 Å². The van der Waals surface area contributed by atoms with Gasteiger partial charge in [-0.15, -0.1) is 0 Å². The first-order valence-electron chi connectivity index (χ1n) is 18.0. The van der Waals surface area contributed by atoms with Crippen LogP contribution in [0.5, 0.6) is 0 Å². The fraction of sp³-hybridized carbons (Fsp3) is 0.0426. The molecule has 0 spiro atoms. The lowest BCUT2D eigenvalue weighted by molar-refractivity contribution is -0.143. The van der Waals surface area contributed by atoms with E-state index in [-0.39, 0.29) is 17.2 Å². The molecule has 0 fully saturated rings. The average molecular weight is 781 g/mol. The molecule has 58 heavy (non-hydrogen) atoms. The highest BCUT2D eigenvalue weighted by Gasteiger charge is 2.37. The van der Waals surface area contributed by atoms with Crippen LogP contribution < -0.4 is 0 Å². The van der Waals surface area contributed by atoms with Gasteiger partial charge in [-0.2, -0.15) is 26.3 Å². The predicted molar refractivity (Wildman–Crippen MR) is 211 cm³/mol. The SMILES string of the molecule is Fc1cccc(-c2ccc(-n3c4ccccc4c4ccc(-c5cc(C(F)(F)F)cc(C(F)(F)F)c5)cc43)cc2-c2nc(-c3ccccc3)nc(-c3ccccc3)n2)c1. The zero-order valence-corrected chi connectivity index (χ0v) is 30.0. The summed E-state index contributed by atoms with van der Waals surface area (Å²) in [5.41, 5.74) is 2.11. The van der Waals surface area contributed by atoms with Crippen molar-refractivity contribution in [2.24, 2.45) is 0 Å². The summed E-state index contributed by atoms with van der Waals surface area (Å²) in [6.07, 6.45) is -10.0. The number of alkyl halides is 6. The Kier molecular flexibility index (Phi) is 8.88. The second-order valence-electron chi connectivity index (χ2n) is 13.7. The molecule has 4 nitrogen and oxygen atoms in total. The Morgan fingerprint density at radius 3 is 1.57 bits per heavy atom. The minimum absolute atomic E-state index is 0.119. The van der Waals surface area contributed by atoms with Crippen LogP contribution in [0, 0.1) is 5.82 Å². The summed E-state index contributed by atoms with van der Waals surface area (Å²) in [5, 5.41) is 1.52. The fourth-order valence-corrected chi connectivity index (χ4v) is 7.24. The molecule has 0 saturated carbocycles. The summed E-state index contributed by atoms with van der Waals surface area (Å²) >= 11 is 0. The normalized spacial score (nSPS) is 12.1. The Balaban J connectivity index is 1.31. The van der Waals surface area contributed by atoms with Gasteiger partial charge in [0.25, 0.3) is 0 Å². The molecule has 11 heteroatoms. The minimum Gasteiger partial charge on any atom is -0.309 e. The third-order valence-corrected chi connectivity index (χ3v) is 9.93. The summed E-state index contributed by atoms with van der Waals surface area (Å²) in [4.78, 5) is 14.7. The topological polar surface area (TPSA) is 43.6 Å². The first-order chi connectivity index (χ1) is 27.9. The van der Waals surface area contributed by atoms with E-state index < -0.39 is 29.3 Å². The van der Waals surface area contributed by atoms with Gasteiger partial charge < -0.3 is 4.57 Å². The lowest BCUT2D eigenvalue weighted by Gasteiger charge is -2.16. The predicted octanol–water partition coefficient (Wildman–Crippen LogP) is 13.5. The fourth-order valence-electron chi connectivity index (χ4n) is 7.24. The van der Waals surface area contributed by atoms with Crippen molar-refractivity contribution in [2.75, 3.05) is 0 Å². The van der Waals surface area contributed by atoms with E-state index in [2.05, 4.69) is 0 Å². The molecule has 0 N–H and O–H groups in total. The Labute approximate surface area is 326 Å². The van der Waals surface area contributed by atoms with Gasteiger partial charge in [0.05, 0.1) is 22.2 Å². The second kappa shape index (κ2) is 14.1. The summed E-state index contributed by atoms with van der Waals surface area (Å²) in [6, 6.07) is 44.3. The maximum absolute atomic E-state index is 14.8. The van der Waals surface area contributed by atoms with Crippen LogP contribution >= 0.6 is 0 Å². The molecule has 0 radical (unpaired) electrons. The number of nitrogens with zero attached hydrogens (tertiary/aromatic N) is 4. The first-order valence-corrected chi connectivity index (χ1v) is 18.0. The Morgan fingerprint density at radius 2 is 0.948 bits per heavy atom. The van der Waals surface area contributed by atoms with Crippen molar-refractivity contribution in [3.05, 3.63) is 181 Å². The van der Waals surface area contributed by atoms with Crippen LogP contribution in [0.15, 0.2) is 164 Å². The van der Waals surface area contributed by atoms with Crippen molar-refractivity contribution < 1.29 is 30.7 Å². The quantitative estimate of drug-likeness (QED) is 0.158. The molecule has 0 amide bonds. The molecule has 2 aromatic heterocycles. The van der Waals surface area contributed by atoms with Gasteiger partial charge in [0, 0.05) is 33.2 Å². The minimum atomic E-state index is -5.01. The molecule has 0 atom stereocenters. The van der Waals surface area contributed by atoms with Gasteiger partial charge in [-0.1, -0.05) is 109 Å². The molecule has 0 aliphatic carbocycles. The smallest absolute Gasteiger partial charge is 0.309 e. The lowest BCUT2D eigenvalue weighted by atomic mass is 9.97. The molecule has 0 aliphatic heterocycles. The molecule has 9 aromatic rings. The highest BCUT2D eigenvalue weighted by atomic mass is 19.4. The van der Waals surface area contributed by atoms with Crippen LogP contribution in [0.1, 0.15) is 11.1 Å². The number of aromatic nitrogens is 4. The molecule has 2 heterocycles. The van der Waals surface area contributed by atoms with Gasteiger partial charge >= 0.3 is 12.4 Å². The molecule has 0 unspecified atom stereocenters. The van der Waals surface area contributed by atoms with Crippen molar-refractivity contribution >= 4 is 21.8 Å². The van der Waals surface area contributed by atoms with E-state index in [0.717, 1.165) is 39.5 Å². The largest absolute Gasteiger partial charge is 0.416 e. The average Bonchev–Trinajstić information content (AvgIpc) is 3.57. The van der Waals surface area contributed by atoms with Crippen molar-refractivity contribution in [3.8, 4) is 62.1 Å². The van der Waals surface area contributed by atoms with Gasteiger partial charge in [-0.25, -0.2) is 19.3 Å².